The molecule has 0 saturated heterocycles. The van der Waals surface area contributed by atoms with Crippen molar-refractivity contribution in [3.8, 4) is 0 Å². The summed E-state index contributed by atoms with van der Waals surface area (Å²) in [6.07, 6.45) is 0. The van der Waals surface area contributed by atoms with Gasteiger partial charge in [-0.25, -0.2) is 4.39 Å². The van der Waals surface area contributed by atoms with Gasteiger partial charge in [-0.15, -0.1) is 0 Å². The predicted molar refractivity (Wildman–Crippen MR) is 69.2 cm³/mol. The van der Waals surface area contributed by atoms with Gasteiger partial charge in [0.1, 0.15) is 5.82 Å². The van der Waals surface area contributed by atoms with Crippen LogP contribution in [0.25, 0.3) is 0 Å². The number of para-hydroxylation sites is 1. The van der Waals surface area contributed by atoms with Gasteiger partial charge >= 0.3 is 0 Å². The minimum atomic E-state index is -0.512. The van der Waals surface area contributed by atoms with Crippen LogP contribution in [-0.4, -0.2) is 43.5 Å². The normalized spacial score (nSPS) is 10.1. The number of nitrogens with zero attached hydrogens (tertiary/aromatic N) is 1. The zero-order valence-corrected chi connectivity index (χ0v) is 11.0. The molecule has 1 aromatic carbocycles. The van der Waals surface area contributed by atoms with Gasteiger partial charge in [0.25, 0.3) is 0 Å². The summed E-state index contributed by atoms with van der Waals surface area (Å²) in [7, 11) is 1.51. The van der Waals surface area contributed by atoms with Crippen molar-refractivity contribution in [2.45, 2.75) is 6.92 Å². The summed E-state index contributed by atoms with van der Waals surface area (Å²) >= 11 is 0. The molecule has 0 unspecified atom stereocenters. The molecule has 0 aliphatic carbocycles. The van der Waals surface area contributed by atoms with E-state index in [1.54, 1.807) is 6.07 Å². The van der Waals surface area contributed by atoms with E-state index in [1.807, 2.05) is 0 Å². The molecule has 0 aromatic heterocycles. The topological polar surface area (TPSA) is 58.6 Å². The molecule has 0 radical (unpaired) electrons. The van der Waals surface area contributed by atoms with E-state index in [1.165, 1.54) is 37.1 Å². The minimum Gasteiger partial charge on any atom is -0.383 e. The third-order valence-electron chi connectivity index (χ3n) is 2.49. The van der Waals surface area contributed by atoms with Crippen LogP contribution in [0.3, 0.4) is 0 Å². The first-order valence-corrected chi connectivity index (χ1v) is 5.83. The number of methoxy groups -OCH3 is 1. The van der Waals surface area contributed by atoms with E-state index in [-0.39, 0.29) is 18.1 Å². The smallest absolute Gasteiger partial charge is 0.244 e. The van der Waals surface area contributed by atoms with Crippen molar-refractivity contribution in [2.75, 3.05) is 32.1 Å². The molecular weight excluding hydrogens is 251 g/mol. The zero-order valence-electron chi connectivity index (χ0n) is 11.0. The summed E-state index contributed by atoms with van der Waals surface area (Å²) in [6, 6.07) is 5.86. The molecule has 1 aromatic rings. The highest BCUT2D eigenvalue weighted by atomic mass is 19.1. The molecule has 0 aliphatic heterocycles. The van der Waals surface area contributed by atoms with Crippen molar-refractivity contribution < 1.29 is 18.7 Å². The number of hydrogen-bond donors (Lipinski definition) is 1. The van der Waals surface area contributed by atoms with Gasteiger partial charge in [-0.05, 0) is 12.1 Å². The van der Waals surface area contributed by atoms with Crippen LogP contribution in [0, 0.1) is 5.82 Å². The van der Waals surface area contributed by atoms with Gasteiger partial charge < -0.3 is 15.0 Å². The Hall–Kier alpha value is -1.95. The fraction of sp³-hybridized carbons (Fsp3) is 0.385. The quantitative estimate of drug-likeness (QED) is 0.845. The molecule has 2 amide bonds. The van der Waals surface area contributed by atoms with E-state index in [0.29, 0.717) is 13.2 Å². The minimum absolute atomic E-state index is 0.0998. The molecule has 0 heterocycles. The van der Waals surface area contributed by atoms with Crippen molar-refractivity contribution in [1.29, 1.82) is 0 Å². The predicted octanol–water partition coefficient (Wildman–Crippen LogP) is 1.26. The van der Waals surface area contributed by atoms with Gasteiger partial charge in [0.15, 0.2) is 0 Å². The first-order valence-electron chi connectivity index (χ1n) is 5.83. The maximum absolute atomic E-state index is 13.3. The summed E-state index contributed by atoms with van der Waals surface area (Å²) in [5, 5.41) is 2.42. The van der Waals surface area contributed by atoms with Gasteiger partial charge in [-0.3, -0.25) is 9.59 Å². The number of anilines is 1. The van der Waals surface area contributed by atoms with Gasteiger partial charge in [-0.2, -0.15) is 0 Å². The van der Waals surface area contributed by atoms with E-state index in [4.69, 9.17) is 4.74 Å². The van der Waals surface area contributed by atoms with Crippen LogP contribution in [-0.2, 0) is 14.3 Å². The largest absolute Gasteiger partial charge is 0.383 e. The third kappa shape index (κ3) is 5.05. The van der Waals surface area contributed by atoms with Crippen LogP contribution in [0.5, 0.6) is 0 Å². The molecule has 0 atom stereocenters. The average molecular weight is 268 g/mol. The number of carbonyl (C=O) groups is 2. The molecule has 0 spiro atoms. The summed E-state index contributed by atoms with van der Waals surface area (Å²) in [5.41, 5.74) is 0.0998. The maximum atomic E-state index is 13.3. The molecule has 0 bridgehead atoms. The second-order valence-corrected chi connectivity index (χ2v) is 3.96. The molecule has 104 valence electrons. The molecule has 0 aliphatic rings. The Labute approximate surface area is 111 Å². The molecule has 5 nitrogen and oxygen atoms in total. The number of amides is 2. The zero-order chi connectivity index (χ0) is 14.3. The van der Waals surface area contributed by atoms with Crippen LogP contribution in [0.4, 0.5) is 10.1 Å². The van der Waals surface area contributed by atoms with Gasteiger partial charge in [-0.1, -0.05) is 12.1 Å². The highest BCUT2D eigenvalue weighted by Crippen LogP contribution is 2.12. The number of carbonyl (C=O) groups excluding carboxylic acids is 2. The molecule has 1 rings (SSSR count). The fourth-order valence-corrected chi connectivity index (χ4v) is 1.47. The van der Waals surface area contributed by atoms with E-state index in [0.717, 1.165) is 0 Å². The Kier molecular flexibility index (Phi) is 5.95. The summed E-state index contributed by atoms with van der Waals surface area (Å²) in [5.74, 6) is -1.20. The van der Waals surface area contributed by atoms with Crippen molar-refractivity contribution in [3.63, 3.8) is 0 Å². The van der Waals surface area contributed by atoms with E-state index in [9.17, 15) is 14.0 Å². The van der Waals surface area contributed by atoms with E-state index >= 15 is 0 Å². The van der Waals surface area contributed by atoms with Crippen LogP contribution in [0.1, 0.15) is 6.92 Å². The first kappa shape index (κ1) is 15.1. The number of hydrogen-bond acceptors (Lipinski definition) is 3. The Bertz CT molecular complexity index is 451. The monoisotopic (exact) mass is 268 g/mol. The standard InChI is InChI=1S/C13H17FN2O3/c1-10(17)16(7-8-19-2)9-13(18)15-12-6-4-3-5-11(12)14/h3-6H,7-9H2,1-2H3,(H,15,18). The SMILES string of the molecule is COCCN(CC(=O)Nc1ccccc1F)C(C)=O. The number of halogens is 1. The Morgan fingerprint density at radius 2 is 2.05 bits per heavy atom. The van der Waals surface area contributed by atoms with Gasteiger partial charge in [0.05, 0.1) is 18.8 Å². The van der Waals surface area contributed by atoms with Crippen LogP contribution >= 0.6 is 0 Å². The maximum Gasteiger partial charge on any atom is 0.244 e. The van der Waals surface area contributed by atoms with Crippen molar-refractivity contribution in [1.82, 2.24) is 4.90 Å². The van der Waals surface area contributed by atoms with Crippen LogP contribution < -0.4 is 5.32 Å². The van der Waals surface area contributed by atoms with Crippen molar-refractivity contribution >= 4 is 17.5 Å². The van der Waals surface area contributed by atoms with Crippen molar-refractivity contribution in [2.24, 2.45) is 0 Å². The lowest BCUT2D eigenvalue weighted by Crippen LogP contribution is -2.38. The number of benzene rings is 1. The number of rotatable bonds is 6. The van der Waals surface area contributed by atoms with Gasteiger partial charge in [0, 0.05) is 20.6 Å². The Morgan fingerprint density at radius 3 is 2.63 bits per heavy atom. The van der Waals surface area contributed by atoms with E-state index < -0.39 is 11.7 Å². The molecule has 0 fully saturated rings. The molecule has 6 heteroatoms. The lowest BCUT2D eigenvalue weighted by Gasteiger charge is -2.20. The Balaban J connectivity index is 2.58. The second kappa shape index (κ2) is 7.48. The number of nitrogens with one attached hydrogen (secondary N) is 1. The molecule has 1 N–H and O–H groups in total. The lowest BCUT2D eigenvalue weighted by atomic mass is 10.3. The molecule has 0 saturated carbocycles. The molecule has 19 heavy (non-hydrogen) atoms. The fourth-order valence-electron chi connectivity index (χ4n) is 1.47. The van der Waals surface area contributed by atoms with Crippen molar-refractivity contribution in [3.05, 3.63) is 30.1 Å². The highest BCUT2D eigenvalue weighted by molar-refractivity contribution is 5.94. The van der Waals surface area contributed by atoms with Crippen LogP contribution in [0.2, 0.25) is 0 Å². The van der Waals surface area contributed by atoms with E-state index in [2.05, 4.69) is 5.32 Å². The van der Waals surface area contributed by atoms with Crippen LogP contribution in [0.15, 0.2) is 24.3 Å². The summed E-state index contributed by atoms with van der Waals surface area (Å²) in [4.78, 5) is 24.4. The Morgan fingerprint density at radius 1 is 1.37 bits per heavy atom. The summed E-state index contributed by atoms with van der Waals surface area (Å²) in [6.45, 7) is 1.89. The highest BCUT2D eigenvalue weighted by Gasteiger charge is 2.14. The van der Waals surface area contributed by atoms with Gasteiger partial charge in [0.2, 0.25) is 11.8 Å². The lowest BCUT2D eigenvalue weighted by molar-refractivity contribution is -0.133. The third-order valence-corrected chi connectivity index (χ3v) is 2.49. The number of ether oxygens (including phenoxy) is 1. The average Bonchev–Trinajstić information content (AvgIpc) is 2.37. The second-order valence-electron chi connectivity index (χ2n) is 3.96. The molecular formula is C13H17FN2O3. The summed E-state index contributed by atoms with van der Waals surface area (Å²) < 4.78 is 18.2. The first-order chi connectivity index (χ1) is 9.04.